The van der Waals surface area contributed by atoms with E-state index < -0.39 is 6.10 Å². The van der Waals surface area contributed by atoms with E-state index in [1.807, 2.05) is 48.5 Å². The van der Waals surface area contributed by atoms with Gasteiger partial charge in [0, 0.05) is 17.1 Å². The van der Waals surface area contributed by atoms with Crippen LogP contribution in [-0.2, 0) is 4.79 Å². The summed E-state index contributed by atoms with van der Waals surface area (Å²) in [6.07, 6.45) is -0.553. The molecule has 3 N–H and O–H groups in total. The van der Waals surface area contributed by atoms with Gasteiger partial charge in [-0.25, -0.2) is 0 Å². The minimum Gasteiger partial charge on any atom is -0.497 e. The number of hydrogen-bond acceptors (Lipinski definition) is 4. The van der Waals surface area contributed by atoms with Crippen LogP contribution in [0.4, 0.5) is 17.1 Å². The van der Waals surface area contributed by atoms with Gasteiger partial charge in [-0.1, -0.05) is 0 Å². The molecule has 0 aromatic heterocycles. The molecule has 5 heteroatoms. The van der Waals surface area contributed by atoms with E-state index >= 15 is 0 Å². The molecule has 0 aliphatic carbocycles. The third-order valence-electron chi connectivity index (χ3n) is 3.03. The van der Waals surface area contributed by atoms with Crippen molar-refractivity contribution in [2.24, 2.45) is 0 Å². The number of rotatable bonds is 6. The van der Waals surface area contributed by atoms with Crippen molar-refractivity contribution in [3.63, 3.8) is 0 Å². The summed E-state index contributed by atoms with van der Waals surface area (Å²) in [6.45, 7) is 1.58. The second-order valence-electron chi connectivity index (χ2n) is 5.03. The average molecular weight is 300 g/mol. The monoisotopic (exact) mass is 300 g/mol. The van der Waals surface area contributed by atoms with Crippen molar-refractivity contribution in [2.75, 3.05) is 17.7 Å². The smallest absolute Gasteiger partial charge is 0.226 e. The highest BCUT2D eigenvalue weighted by Crippen LogP contribution is 2.21. The zero-order chi connectivity index (χ0) is 15.9. The lowest BCUT2D eigenvalue weighted by Gasteiger charge is -2.10. The third-order valence-corrected chi connectivity index (χ3v) is 3.03. The van der Waals surface area contributed by atoms with E-state index in [4.69, 9.17) is 9.84 Å². The van der Waals surface area contributed by atoms with Crippen LogP contribution >= 0.6 is 0 Å². The minimum atomic E-state index is -0.643. The molecule has 0 aliphatic heterocycles. The van der Waals surface area contributed by atoms with Crippen LogP contribution in [-0.4, -0.2) is 24.2 Å². The zero-order valence-electron chi connectivity index (χ0n) is 12.7. The summed E-state index contributed by atoms with van der Waals surface area (Å²) in [6, 6.07) is 15.0. The Labute approximate surface area is 129 Å². The Morgan fingerprint density at radius 1 is 1.05 bits per heavy atom. The first-order chi connectivity index (χ1) is 10.6. The number of anilines is 3. The van der Waals surface area contributed by atoms with Crippen LogP contribution < -0.4 is 15.4 Å². The van der Waals surface area contributed by atoms with Gasteiger partial charge < -0.3 is 20.5 Å². The quantitative estimate of drug-likeness (QED) is 0.766. The minimum absolute atomic E-state index is 0.0891. The Balaban J connectivity index is 1.94. The van der Waals surface area contributed by atoms with E-state index in [1.54, 1.807) is 14.0 Å². The van der Waals surface area contributed by atoms with E-state index in [0.717, 1.165) is 17.1 Å². The van der Waals surface area contributed by atoms with Gasteiger partial charge in [0.15, 0.2) is 0 Å². The van der Waals surface area contributed by atoms with Crippen LogP contribution in [0, 0.1) is 0 Å². The van der Waals surface area contributed by atoms with Crippen molar-refractivity contribution in [3.8, 4) is 5.75 Å². The predicted molar refractivity (Wildman–Crippen MR) is 87.6 cm³/mol. The third kappa shape index (κ3) is 4.79. The van der Waals surface area contributed by atoms with Crippen molar-refractivity contribution >= 4 is 23.0 Å². The molecule has 2 aromatic rings. The number of benzene rings is 2. The average Bonchev–Trinajstić information content (AvgIpc) is 2.49. The van der Waals surface area contributed by atoms with Gasteiger partial charge in [0.05, 0.1) is 19.6 Å². The maximum atomic E-state index is 11.6. The highest BCUT2D eigenvalue weighted by Gasteiger charge is 2.06. The molecule has 22 heavy (non-hydrogen) atoms. The molecule has 1 amide bonds. The van der Waals surface area contributed by atoms with Gasteiger partial charge in [0.1, 0.15) is 5.75 Å². The van der Waals surface area contributed by atoms with Gasteiger partial charge in [0.25, 0.3) is 0 Å². The first-order valence-electron chi connectivity index (χ1n) is 7.06. The van der Waals surface area contributed by atoms with Crippen LogP contribution in [0.5, 0.6) is 5.75 Å². The number of aliphatic hydroxyl groups is 1. The lowest BCUT2D eigenvalue weighted by molar-refractivity contribution is -0.117. The van der Waals surface area contributed by atoms with E-state index in [-0.39, 0.29) is 12.3 Å². The van der Waals surface area contributed by atoms with Crippen molar-refractivity contribution in [1.82, 2.24) is 0 Å². The SMILES string of the molecule is COc1ccc(Nc2ccc(NC(=O)CC(C)O)cc2)cc1. The highest BCUT2D eigenvalue weighted by atomic mass is 16.5. The van der Waals surface area contributed by atoms with E-state index in [9.17, 15) is 4.79 Å². The molecular weight excluding hydrogens is 280 g/mol. The number of amides is 1. The summed E-state index contributed by atoms with van der Waals surface area (Å²) in [7, 11) is 1.63. The molecule has 0 heterocycles. The Morgan fingerprint density at radius 3 is 2.05 bits per heavy atom. The molecular formula is C17H20N2O3. The lowest BCUT2D eigenvalue weighted by atomic mass is 10.2. The molecule has 2 rings (SSSR count). The number of nitrogens with one attached hydrogen (secondary N) is 2. The molecule has 0 saturated carbocycles. The fourth-order valence-corrected chi connectivity index (χ4v) is 1.96. The largest absolute Gasteiger partial charge is 0.497 e. The molecule has 1 atom stereocenters. The molecule has 2 aromatic carbocycles. The Kier molecular flexibility index (Phi) is 5.38. The van der Waals surface area contributed by atoms with Gasteiger partial charge in [-0.3, -0.25) is 4.79 Å². The first-order valence-corrected chi connectivity index (χ1v) is 7.06. The van der Waals surface area contributed by atoms with Crippen LogP contribution in [0.2, 0.25) is 0 Å². The predicted octanol–water partition coefficient (Wildman–Crippen LogP) is 3.15. The van der Waals surface area contributed by atoms with Crippen LogP contribution in [0.15, 0.2) is 48.5 Å². The summed E-state index contributed by atoms with van der Waals surface area (Å²) >= 11 is 0. The highest BCUT2D eigenvalue weighted by molar-refractivity contribution is 5.91. The molecule has 1 unspecified atom stereocenters. The second kappa shape index (κ2) is 7.47. The molecule has 0 saturated heterocycles. The molecule has 116 valence electrons. The van der Waals surface area contributed by atoms with Gasteiger partial charge >= 0.3 is 0 Å². The molecule has 0 radical (unpaired) electrons. The van der Waals surface area contributed by atoms with Gasteiger partial charge in [-0.05, 0) is 55.5 Å². The molecule has 0 spiro atoms. The molecule has 5 nitrogen and oxygen atoms in total. The molecule has 0 fully saturated rings. The van der Waals surface area contributed by atoms with Gasteiger partial charge in [-0.15, -0.1) is 0 Å². The fourth-order valence-electron chi connectivity index (χ4n) is 1.96. The van der Waals surface area contributed by atoms with Crippen molar-refractivity contribution in [3.05, 3.63) is 48.5 Å². The summed E-state index contributed by atoms with van der Waals surface area (Å²) < 4.78 is 5.11. The van der Waals surface area contributed by atoms with Crippen molar-refractivity contribution < 1.29 is 14.6 Å². The first kappa shape index (κ1) is 15.9. The zero-order valence-corrected chi connectivity index (χ0v) is 12.7. The van der Waals surface area contributed by atoms with Crippen LogP contribution in [0.3, 0.4) is 0 Å². The number of methoxy groups -OCH3 is 1. The normalized spacial score (nSPS) is 11.6. The number of carbonyl (C=O) groups is 1. The van der Waals surface area contributed by atoms with E-state index in [1.165, 1.54) is 0 Å². The number of hydrogen-bond donors (Lipinski definition) is 3. The standard InChI is InChI=1S/C17H20N2O3/c1-12(20)11-17(21)19-15-5-3-13(4-6-15)18-14-7-9-16(22-2)10-8-14/h3-10,12,18,20H,11H2,1-2H3,(H,19,21). The number of ether oxygens (including phenoxy) is 1. The molecule has 0 aliphatic rings. The van der Waals surface area contributed by atoms with Crippen LogP contribution in [0.25, 0.3) is 0 Å². The maximum absolute atomic E-state index is 11.6. The fraction of sp³-hybridized carbons (Fsp3) is 0.235. The number of aliphatic hydroxyl groups excluding tert-OH is 1. The van der Waals surface area contributed by atoms with Gasteiger partial charge in [0.2, 0.25) is 5.91 Å². The summed E-state index contributed by atoms with van der Waals surface area (Å²) in [5, 5.41) is 15.2. The van der Waals surface area contributed by atoms with Gasteiger partial charge in [-0.2, -0.15) is 0 Å². The molecule has 0 bridgehead atoms. The summed E-state index contributed by atoms with van der Waals surface area (Å²) in [5.74, 6) is 0.604. The van der Waals surface area contributed by atoms with Crippen LogP contribution in [0.1, 0.15) is 13.3 Å². The number of carbonyl (C=O) groups excluding carboxylic acids is 1. The Hall–Kier alpha value is -2.53. The summed E-state index contributed by atoms with van der Waals surface area (Å²) in [4.78, 5) is 11.6. The maximum Gasteiger partial charge on any atom is 0.226 e. The van der Waals surface area contributed by atoms with E-state index in [2.05, 4.69) is 10.6 Å². The van der Waals surface area contributed by atoms with E-state index in [0.29, 0.717) is 5.69 Å². The Bertz CT molecular complexity index is 607. The van der Waals surface area contributed by atoms with Crippen molar-refractivity contribution in [1.29, 1.82) is 0 Å². The summed E-state index contributed by atoms with van der Waals surface area (Å²) in [5.41, 5.74) is 2.57. The topological polar surface area (TPSA) is 70.6 Å². The Morgan fingerprint density at radius 2 is 1.55 bits per heavy atom. The van der Waals surface area contributed by atoms with Crippen molar-refractivity contribution in [2.45, 2.75) is 19.4 Å². The lowest BCUT2D eigenvalue weighted by Crippen LogP contribution is -2.17. The second-order valence-corrected chi connectivity index (χ2v) is 5.03.